The van der Waals surface area contributed by atoms with Crippen molar-refractivity contribution >= 4 is 23.5 Å². The van der Waals surface area contributed by atoms with E-state index < -0.39 is 11.9 Å². The molecule has 0 bridgehead atoms. The van der Waals surface area contributed by atoms with Crippen LogP contribution in [0, 0.1) is 0 Å². The first-order valence-electron chi connectivity index (χ1n) is 6.57. The van der Waals surface area contributed by atoms with Crippen molar-refractivity contribution in [3.63, 3.8) is 0 Å². The molecule has 1 aliphatic heterocycles. The van der Waals surface area contributed by atoms with Crippen molar-refractivity contribution in [2.75, 3.05) is 32.7 Å². The molecule has 1 aliphatic rings. The lowest BCUT2D eigenvalue weighted by atomic mass is 10.1. The maximum Gasteiger partial charge on any atom is 0.354 e. The number of esters is 2. The molecule has 116 valence electrons. The van der Waals surface area contributed by atoms with E-state index in [9.17, 15) is 9.59 Å². The average Bonchev–Trinajstić information content (AvgIpc) is 3.08. The topological polar surface area (TPSA) is 86.2 Å². The Morgan fingerprint density at radius 2 is 2.05 bits per heavy atom. The molecule has 0 aromatic heterocycles. The van der Waals surface area contributed by atoms with Gasteiger partial charge in [-0.2, -0.15) is 0 Å². The molecule has 0 spiro atoms. The average molecular weight is 304 g/mol. The van der Waals surface area contributed by atoms with Crippen LogP contribution in [-0.2, 0) is 23.8 Å². The second kappa shape index (κ2) is 7.26. The quantitative estimate of drug-likeness (QED) is 0.647. The van der Waals surface area contributed by atoms with Gasteiger partial charge in [-0.1, -0.05) is 12.1 Å². The first-order valence-corrected chi connectivity index (χ1v) is 6.57. The Kier molecular flexibility index (Phi) is 5.13. The number of carbonyl (C=O) groups is 2. The fraction of sp³-hybridized carbons (Fsp3) is 0.267. The van der Waals surface area contributed by atoms with Crippen LogP contribution >= 0.6 is 0 Å². The molecule has 7 nitrogen and oxygen atoms in total. The Bertz CT molecular complexity index is 637. The lowest BCUT2D eigenvalue weighted by Crippen LogP contribution is -2.17. The van der Waals surface area contributed by atoms with Gasteiger partial charge in [-0.25, -0.2) is 14.6 Å². The maximum absolute atomic E-state index is 11.8. The molecule has 0 radical (unpaired) electrons. The predicted octanol–water partition coefficient (Wildman–Crippen LogP) is 1.11. The molecular formula is C15H16N2O5. The number of rotatable bonds is 5. The van der Waals surface area contributed by atoms with Gasteiger partial charge in [-0.15, -0.1) is 0 Å². The summed E-state index contributed by atoms with van der Waals surface area (Å²) < 4.78 is 14.6. The number of ether oxygens (including phenoxy) is 3. The number of benzene rings is 1. The van der Waals surface area contributed by atoms with Gasteiger partial charge in [0.05, 0.1) is 38.1 Å². The highest BCUT2D eigenvalue weighted by Gasteiger charge is 2.18. The van der Waals surface area contributed by atoms with E-state index in [1.807, 2.05) is 6.07 Å². The minimum absolute atomic E-state index is 0.0413. The molecule has 0 amide bonds. The normalized spacial score (nSPS) is 13.9. The number of nitrogens with one attached hydrogen (secondary N) is 1. The molecule has 1 aromatic rings. The van der Waals surface area contributed by atoms with E-state index >= 15 is 0 Å². The molecule has 22 heavy (non-hydrogen) atoms. The summed E-state index contributed by atoms with van der Waals surface area (Å²) in [7, 11) is 2.45. The molecule has 1 aromatic carbocycles. The van der Waals surface area contributed by atoms with E-state index in [-0.39, 0.29) is 5.70 Å². The van der Waals surface area contributed by atoms with E-state index in [1.165, 1.54) is 14.2 Å². The Balaban J connectivity index is 2.32. The van der Waals surface area contributed by atoms with Crippen LogP contribution in [0.25, 0.3) is 0 Å². The maximum atomic E-state index is 11.8. The van der Waals surface area contributed by atoms with Gasteiger partial charge in [0.15, 0.2) is 0 Å². The molecule has 1 N–H and O–H groups in total. The number of hydrogen-bond donors (Lipinski definition) is 1. The zero-order valence-electron chi connectivity index (χ0n) is 12.3. The van der Waals surface area contributed by atoms with Crippen molar-refractivity contribution in [1.82, 2.24) is 0 Å². The lowest BCUT2D eigenvalue weighted by Gasteiger charge is -2.13. The molecule has 0 atom stereocenters. The summed E-state index contributed by atoms with van der Waals surface area (Å²) in [6.45, 7) is 1.11. The summed E-state index contributed by atoms with van der Waals surface area (Å²) in [5, 5.41) is 2.87. The summed E-state index contributed by atoms with van der Waals surface area (Å²) in [4.78, 5) is 27.4. The van der Waals surface area contributed by atoms with E-state index in [0.29, 0.717) is 30.3 Å². The molecule has 0 saturated carbocycles. The van der Waals surface area contributed by atoms with Crippen LogP contribution in [0.4, 0.5) is 5.69 Å². The molecule has 0 unspecified atom stereocenters. The van der Waals surface area contributed by atoms with Gasteiger partial charge in [0.25, 0.3) is 0 Å². The second-order valence-corrected chi connectivity index (χ2v) is 4.28. The predicted molar refractivity (Wildman–Crippen MR) is 79.5 cm³/mol. The number of hydrogen-bond acceptors (Lipinski definition) is 7. The van der Waals surface area contributed by atoms with Crippen molar-refractivity contribution in [3.05, 3.63) is 41.6 Å². The number of nitrogens with zero attached hydrogens (tertiary/aromatic N) is 1. The summed E-state index contributed by atoms with van der Waals surface area (Å²) in [6.07, 6.45) is 1.03. The zero-order chi connectivity index (χ0) is 15.9. The Hall–Kier alpha value is -2.83. The van der Waals surface area contributed by atoms with Crippen LogP contribution in [-0.4, -0.2) is 45.2 Å². The Labute approximate surface area is 127 Å². The second-order valence-electron chi connectivity index (χ2n) is 4.28. The van der Waals surface area contributed by atoms with Crippen LogP contribution in [0.2, 0.25) is 0 Å². The van der Waals surface area contributed by atoms with Crippen molar-refractivity contribution in [3.8, 4) is 0 Å². The molecule has 0 saturated heterocycles. The molecule has 2 rings (SSSR count). The Morgan fingerprint density at radius 3 is 2.68 bits per heavy atom. The number of anilines is 1. The van der Waals surface area contributed by atoms with Crippen LogP contribution in [0.1, 0.15) is 5.56 Å². The van der Waals surface area contributed by atoms with Crippen LogP contribution in [0.15, 0.2) is 41.0 Å². The highest BCUT2D eigenvalue weighted by molar-refractivity contribution is 6.03. The van der Waals surface area contributed by atoms with Crippen molar-refractivity contribution < 1.29 is 23.8 Å². The van der Waals surface area contributed by atoms with E-state index in [0.717, 1.165) is 6.08 Å². The summed E-state index contributed by atoms with van der Waals surface area (Å²) in [5.74, 6) is -0.861. The molecule has 1 heterocycles. The summed E-state index contributed by atoms with van der Waals surface area (Å²) in [5.41, 5.74) is 1.23. The number of carbonyl (C=O) groups excluding carboxylic acids is 2. The molecule has 7 heteroatoms. The van der Waals surface area contributed by atoms with E-state index in [2.05, 4.69) is 19.8 Å². The van der Waals surface area contributed by atoms with Crippen molar-refractivity contribution in [2.24, 2.45) is 4.99 Å². The standard InChI is InChI=1S/C15H16N2O5/c1-20-13(18)9-12(15(19)21-2)17-11-6-4-3-5-10(11)14-16-7-8-22-14/h3-6,9,17H,7-8H2,1-2H3/b12-9+. The van der Waals surface area contributed by atoms with Crippen LogP contribution in [0.3, 0.4) is 0 Å². The lowest BCUT2D eigenvalue weighted by molar-refractivity contribution is -0.138. The number of aliphatic imine (C=N–C) groups is 1. The molecular weight excluding hydrogens is 288 g/mol. The van der Waals surface area contributed by atoms with Crippen molar-refractivity contribution in [1.29, 1.82) is 0 Å². The number of para-hydroxylation sites is 1. The summed E-state index contributed by atoms with van der Waals surface area (Å²) in [6, 6.07) is 7.16. The number of methoxy groups -OCH3 is 2. The third kappa shape index (κ3) is 3.63. The third-order valence-corrected chi connectivity index (χ3v) is 2.88. The highest BCUT2D eigenvalue weighted by Crippen LogP contribution is 2.20. The first kappa shape index (κ1) is 15.6. The van der Waals surface area contributed by atoms with Gasteiger partial charge in [0.2, 0.25) is 5.90 Å². The zero-order valence-corrected chi connectivity index (χ0v) is 12.3. The monoisotopic (exact) mass is 304 g/mol. The first-order chi connectivity index (χ1) is 10.7. The third-order valence-electron chi connectivity index (χ3n) is 2.88. The van der Waals surface area contributed by atoms with Gasteiger partial charge >= 0.3 is 11.9 Å². The van der Waals surface area contributed by atoms with Crippen molar-refractivity contribution in [2.45, 2.75) is 0 Å². The van der Waals surface area contributed by atoms with Gasteiger partial charge in [-0.3, -0.25) is 0 Å². The minimum Gasteiger partial charge on any atom is -0.475 e. The van der Waals surface area contributed by atoms with Gasteiger partial charge in [-0.05, 0) is 12.1 Å². The highest BCUT2D eigenvalue weighted by atomic mass is 16.5. The molecule has 0 aliphatic carbocycles. The molecule has 0 fully saturated rings. The fourth-order valence-corrected chi connectivity index (χ4v) is 1.85. The fourth-order valence-electron chi connectivity index (χ4n) is 1.85. The largest absolute Gasteiger partial charge is 0.475 e. The SMILES string of the molecule is COC(=O)/C=C(/Nc1ccccc1C1=NCCO1)C(=O)OC. The van der Waals surface area contributed by atoms with Gasteiger partial charge in [0.1, 0.15) is 12.3 Å². The Morgan fingerprint density at radius 1 is 1.27 bits per heavy atom. The van der Waals surface area contributed by atoms with Gasteiger partial charge in [0, 0.05) is 0 Å². The smallest absolute Gasteiger partial charge is 0.354 e. The van der Waals surface area contributed by atoms with Gasteiger partial charge < -0.3 is 19.5 Å². The minimum atomic E-state index is -0.686. The van der Waals surface area contributed by atoms with E-state index in [1.54, 1.807) is 18.2 Å². The van der Waals surface area contributed by atoms with Crippen LogP contribution < -0.4 is 5.32 Å². The summed E-state index contributed by atoms with van der Waals surface area (Å²) >= 11 is 0. The van der Waals surface area contributed by atoms with E-state index in [4.69, 9.17) is 4.74 Å². The van der Waals surface area contributed by atoms with Crippen LogP contribution in [0.5, 0.6) is 0 Å².